The number of hydrogen-bond donors (Lipinski definition) is 1. The van der Waals surface area contributed by atoms with Crippen molar-refractivity contribution in [3.05, 3.63) is 29.3 Å². The summed E-state index contributed by atoms with van der Waals surface area (Å²) in [4.78, 5) is 13.1. The lowest BCUT2D eigenvalue weighted by Crippen LogP contribution is -2.47. The SMILES string of the molecule is N#Cc1cc(N2CCCCC2C(N)=O)ccc1C(F)(F)F. The Morgan fingerprint density at radius 3 is 2.67 bits per heavy atom. The highest BCUT2D eigenvalue weighted by atomic mass is 19.4. The number of nitriles is 1. The molecule has 0 spiro atoms. The van der Waals surface area contributed by atoms with E-state index in [9.17, 15) is 18.0 Å². The number of nitrogens with two attached hydrogens (primary N) is 1. The lowest BCUT2D eigenvalue weighted by Gasteiger charge is -2.35. The fourth-order valence-electron chi connectivity index (χ4n) is 2.59. The molecule has 1 saturated heterocycles. The number of rotatable bonds is 2. The Bertz CT molecular complexity index is 592. The first kappa shape index (κ1) is 15.2. The molecule has 2 N–H and O–H groups in total. The van der Waals surface area contributed by atoms with Gasteiger partial charge < -0.3 is 10.6 Å². The molecule has 7 heteroatoms. The lowest BCUT2D eigenvalue weighted by molar-refractivity contribution is -0.137. The van der Waals surface area contributed by atoms with Crippen LogP contribution in [0.15, 0.2) is 18.2 Å². The quantitative estimate of drug-likeness (QED) is 0.911. The summed E-state index contributed by atoms with van der Waals surface area (Å²) in [6, 6.07) is 4.35. The van der Waals surface area contributed by atoms with Crippen molar-refractivity contribution >= 4 is 11.6 Å². The molecule has 1 unspecified atom stereocenters. The average Bonchev–Trinajstić information content (AvgIpc) is 2.45. The molecule has 0 bridgehead atoms. The molecule has 1 aromatic carbocycles. The third kappa shape index (κ3) is 3.10. The molecule has 1 amide bonds. The second-order valence-corrected chi connectivity index (χ2v) is 4.95. The van der Waals surface area contributed by atoms with Gasteiger partial charge in [0.1, 0.15) is 6.04 Å². The fraction of sp³-hybridized carbons (Fsp3) is 0.429. The van der Waals surface area contributed by atoms with Crippen molar-refractivity contribution in [2.75, 3.05) is 11.4 Å². The van der Waals surface area contributed by atoms with Gasteiger partial charge in [0.25, 0.3) is 0 Å². The highest BCUT2D eigenvalue weighted by Crippen LogP contribution is 2.34. The molecular formula is C14H14F3N3O. The number of benzene rings is 1. The normalized spacial score (nSPS) is 19.1. The Balaban J connectivity index is 2.41. The molecule has 112 valence electrons. The van der Waals surface area contributed by atoms with Crippen LogP contribution in [0.2, 0.25) is 0 Å². The van der Waals surface area contributed by atoms with Crippen LogP contribution in [0.1, 0.15) is 30.4 Å². The molecule has 0 aliphatic carbocycles. The van der Waals surface area contributed by atoms with Crippen LogP contribution in [-0.2, 0) is 11.0 Å². The monoisotopic (exact) mass is 297 g/mol. The van der Waals surface area contributed by atoms with Crippen LogP contribution in [0.4, 0.5) is 18.9 Å². The van der Waals surface area contributed by atoms with Gasteiger partial charge in [-0.25, -0.2) is 0 Å². The summed E-state index contributed by atoms with van der Waals surface area (Å²) < 4.78 is 38.3. The molecule has 0 saturated carbocycles. The number of nitrogens with zero attached hydrogens (tertiary/aromatic N) is 2. The first-order valence-corrected chi connectivity index (χ1v) is 6.52. The molecule has 1 atom stereocenters. The van der Waals surface area contributed by atoms with Crippen LogP contribution in [0.25, 0.3) is 0 Å². The molecule has 1 aromatic rings. The van der Waals surface area contributed by atoms with E-state index < -0.39 is 29.3 Å². The number of halogens is 3. The summed E-state index contributed by atoms with van der Waals surface area (Å²) >= 11 is 0. The summed E-state index contributed by atoms with van der Waals surface area (Å²) in [5.74, 6) is -0.506. The molecule has 2 rings (SSSR count). The van der Waals surface area contributed by atoms with E-state index in [0.29, 0.717) is 18.7 Å². The van der Waals surface area contributed by atoms with Crippen molar-refractivity contribution < 1.29 is 18.0 Å². The highest BCUT2D eigenvalue weighted by Gasteiger charge is 2.34. The van der Waals surface area contributed by atoms with Crippen LogP contribution < -0.4 is 10.6 Å². The van der Waals surface area contributed by atoms with Crippen molar-refractivity contribution in [1.29, 1.82) is 5.26 Å². The van der Waals surface area contributed by atoms with E-state index in [1.165, 1.54) is 12.1 Å². The Morgan fingerprint density at radius 2 is 2.10 bits per heavy atom. The minimum absolute atomic E-state index is 0.419. The molecule has 21 heavy (non-hydrogen) atoms. The Labute approximate surface area is 119 Å². The molecule has 0 radical (unpaired) electrons. The zero-order chi connectivity index (χ0) is 15.6. The second-order valence-electron chi connectivity index (χ2n) is 4.95. The van der Waals surface area contributed by atoms with Crippen molar-refractivity contribution in [2.45, 2.75) is 31.5 Å². The van der Waals surface area contributed by atoms with Gasteiger partial charge in [-0.05, 0) is 37.5 Å². The largest absolute Gasteiger partial charge is 0.417 e. The summed E-state index contributed by atoms with van der Waals surface area (Å²) in [6.45, 7) is 0.532. The van der Waals surface area contributed by atoms with Gasteiger partial charge in [-0.15, -0.1) is 0 Å². The zero-order valence-electron chi connectivity index (χ0n) is 11.2. The molecule has 1 heterocycles. The smallest absolute Gasteiger partial charge is 0.368 e. The van der Waals surface area contributed by atoms with E-state index in [4.69, 9.17) is 11.0 Å². The predicted molar refractivity (Wildman–Crippen MR) is 70.3 cm³/mol. The summed E-state index contributed by atoms with van der Waals surface area (Å²) in [6.07, 6.45) is -2.34. The second kappa shape index (κ2) is 5.64. The first-order chi connectivity index (χ1) is 9.84. The fourth-order valence-corrected chi connectivity index (χ4v) is 2.59. The third-order valence-corrected chi connectivity index (χ3v) is 3.59. The Morgan fingerprint density at radius 1 is 1.38 bits per heavy atom. The van der Waals surface area contributed by atoms with Crippen LogP contribution in [0, 0.1) is 11.3 Å². The van der Waals surface area contributed by atoms with Gasteiger partial charge >= 0.3 is 6.18 Å². The van der Waals surface area contributed by atoms with Gasteiger partial charge in [0.2, 0.25) is 5.91 Å². The molecule has 1 aliphatic heterocycles. The summed E-state index contributed by atoms with van der Waals surface area (Å²) in [7, 11) is 0. The third-order valence-electron chi connectivity index (χ3n) is 3.59. The highest BCUT2D eigenvalue weighted by molar-refractivity contribution is 5.84. The average molecular weight is 297 g/mol. The maximum atomic E-state index is 12.8. The summed E-state index contributed by atoms with van der Waals surface area (Å²) in [5, 5.41) is 8.92. The van der Waals surface area contributed by atoms with Crippen molar-refractivity contribution in [3.63, 3.8) is 0 Å². The minimum Gasteiger partial charge on any atom is -0.368 e. The van der Waals surface area contributed by atoms with Gasteiger partial charge in [0.15, 0.2) is 0 Å². The van der Waals surface area contributed by atoms with Crippen molar-refractivity contribution in [2.24, 2.45) is 5.73 Å². The van der Waals surface area contributed by atoms with Gasteiger partial charge in [0, 0.05) is 12.2 Å². The van der Waals surface area contributed by atoms with Crippen LogP contribution >= 0.6 is 0 Å². The minimum atomic E-state index is -4.57. The van der Waals surface area contributed by atoms with E-state index in [0.717, 1.165) is 18.9 Å². The topological polar surface area (TPSA) is 70.1 Å². The van der Waals surface area contributed by atoms with E-state index in [2.05, 4.69) is 0 Å². The number of amides is 1. The molecule has 1 aliphatic rings. The van der Waals surface area contributed by atoms with E-state index >= 15 is 0 Å². The van der Waals surface area contributed by atoms with Crippen LogP contribution in [0.5, 0.6) is 0 Å². The number of piperidine rings is 1. The lowest BCUT2D eigenvalue weighted by atomic mass is 9.99. The maximum absolute atomic E-state index is 12.8. The predicted octanol–water partition coefficient (Wildman–Crippen LogP) is 2.42. The van der Waals surface area contributed by atoms with Gasteiger partial charge in [0.05, 0.1) is 17.2 Å². The van der Waals surface area contributed by atoms with Gasteiger partial charge in [-0.3, -0.25) is 4.79 Å². The standard InChI is InChI=1S/C14H14F3N3O/c15-14(16,17)11-5-4-10(7-9(11)8-18)20-6-2-1-3-12(20)13(19)21/h4-5,7,12H,1-3,6H2,(H2,19,21). The number of carbonyl (C=O) groups is 1. The molecular weight excluding hydrogens is 283 g/mol. The zero-order valence-corrected chi connectivity index (χ0v) is 11.2. The molecule has 0 aromatic heterocycles. The van der Waals surface area contributed by atoms with Gasteiger partial charge in [-0.2, -0.15) is 18.4 Å². The molecule has 4 nitrogen and oxygen atoms in total. The van der Waals surface area contributed by atoms with Crippen molar-refractivity contribution in [3.8, 4) is 6.07 Å². The number of alkyl halides is 3. The van der Waals surface area contributed by atoms with Crippen LogP contribution in [-0.4, -0.2) is 18.5 Å². The first-order valence-electron chi connectivity index (χ1n) is 6.52. The number of hydrogen-bond acceptors (Lipinski definition) is 3. The summed E-state index contributed by atoms with van der Waals surface area (Å²) in [5.41, 5.74) is 4.34. The van der Waals surface area contributed by atoms with E-state index in [-0.39, 0.29) is 0 Å². The van der Waals surface area contributed by atoms with E-state index in [1.807, 2.05) is 0 Å². The Hall–Kier alpha value is -2.23. The maximum Gasteiger partial charge on any atom is 0.417 e. The van der Waals surface area contributed by atoms with Crippen molar-refractivity contribution in [1.82, 2.24) is 0 Å². The number of primary amides is 1. The number of carbonyl (C=O) groups excluding carboxylic acids is 1. The Kier molecular flexibility index (Phi) is 4.07. The molecule has 1 fully saturated rings. The van der Waals surface area contributed by atoms with Gasteiger partial charge in [-0.1, -0.05) is 0 Å². The van der Waals surface area contributed by atoms with Crippen LogP contribution in [0.3, 0.4) is 0 Å². The number of anilines is 1. The van der Waals surface area contributed by atoms with E-state index in [1.54, 1.807) is 11.0 Å².